The SMILES string of the molecule is C=C(NCC1CC(c2ccc(C)cc2)=NO1)c1ccc(Cl)s1.CC.CCCO. The van der Waals surface area contributed by atoms with Crippen LogP contribution in [0, 0.1) is 6.92 Å². The standard InChI is InChI=1S/C17H17ClN2OS.C3H8O.C2H6/c1-11-3-5-13(6-4-11)15-9-14(21-20-15)10-19-12(2)16-7-8-17(18)22-16;1-2-3-4;1-2/h3-8,14,19H,2,9-10H2,1H3;4H,2-3H2,1H3;1-2H3. The second-order valence-electron chi connectivity index (χ2n) is 6.02. The van der Waals surface area contributed by atoms with E-state index in [1.807, 2.05) is 32.9 Å². The van der Waals surface area contributed by atoms with Gasteiger partial charge in [0.1, 0.15) is 6.10 Å². The molecule has 0 fully saturated rings. The lowest BCUT2D eigenvalue weighted by atomic mass is 10.0. The lowest BCUT2D eigenvalue weighted by Crippen LogP contribution is -2.25. The van der Waals surface area contributed by atoms with E-state index < -0.39 is 0 Å². The minimum absolute atomic E-state index is 0.0310. The summed E-state index contributed by atoms with van der Waals surface area (Å²) in [6.07, 6.45) is 1.71. The molecule has 0 saturated heterocycles. The van der Waals surface area contributed by atoms with E-state index in [1.165, 1.54) is 16.9 Å². The number of benzene rings is 1. The summed E-state index contributed by atoms with van der Waals surface area (Å²) in [5, 5.41) is 15.4. The number of thiophene rings is 1. The minimum Gasteiger partial charge on any atom is -0.396 e. The van der Waals surface area contributed by atoms with Gasteiger partial charge in [0, 0.05) is 18.7 Å². The Kier molecular flexibility index (Phi) is 11.6. The first-order valence-corrected chi connectivity index (χ1v) is 10.8. The van der Waals surface area contributed by atoms with Crippen molar-refractivity contribution in [3.63, 3.8) is 0 Å². The van der Waals surface area contributed by atoms with Crippen molar-refractivity contribution in [2.45, 2.75) is 46.6 Å². The van der Waals surface area contributed by atoms with Crippen molar-refractivity contribution in [2.24, 2.45) is 5.16 Å². The van der Waals surface area contributed by atoms with Crippen LogP contribution in [-0.4, -0.2) is 30.1 Å². The van der Waals surface area contributed by atoms with Crippen molar-refractivity contribution in [1.29, 1.82) is 0 Å². The molecule has 28 heavy (non-hydrogen) atoms. The molecule has 0 saturated carbocycles. The topological polar surface area (TPSA) is 53.9 Å². The monoisotopic (exact) mass is 422 g/mol. The Morgan fingerprint density at radius 3 is 2.46 bits per heavy atom. The largest absolute Gasteiger partial charge is 0.396 e. The van der Waals surface area contributed by atoms with Crippen molar-refractivity contribution in [2.75, 3.05) is 13.2 Å². The van der Waals surface area contributed by atoms with E-state index in [2.05, 4.69) is 48.2 Å². The summed E-state index contributed by atoms with van der Waals surface area (Å²) in [6.45, 7) is 13.0. The fraction of sp³-hybridized carbons (Fsp3) is 0.409. The first-order valence-electron chi connectivity index (χ1n) is 9.62. The molecule has 1 aliphatic rings. The highest BCUT2D eigenvalue weighted by Crippen LogP contribution is 2.25. The van der Waals surface area contributed by atoms with Crippen molar-refractivity contribution >= 4 is 34.3 Å². The van der Waals surface area contributed by atoms with E-state index >= 15 is 0 Å². The first-order chi connectivity index (χ1) is 13.5. The lowest BCUT2D eigenvalue weighted by Gasteiger charge is -2.11. The molecule has 0 amide bonds. The summed E-state index contributed by atoms with van der Waals surface area (Å²) in [4.78, 5) is 6.55. The maximum absolute atomic E-state index is 7.88. The van der Waals surface area contributed by atoms with Crippen molar-refractivity contribution in [3.8, 4) is 0 Å². The third kappa shape index (κ3) is 8.05. The molecule has 1 aromatic heterocycles. The Hall–Kier alpha value is -1.82. The number of aryl methyl sites for hydroxylation is 1. The molecule has 1 aromatic carbocycles. The van der Waals surface area contributed by atoms with Crippen LogP contribution in [0.3, 0.4) is 0 Å². The predicted octanol–water partition coefficient (Wildman–Crippen LogP) is 5.88. The molecule has 0 radical (unpaired) electrons. The highest BCUT2D eigenvalue weighted by Gasteiger charge is 2.22. The predicted molar refractivity (Wildman–Crippen MR) is 122 cm³/mol. The van der Waals surface area contributed by atoms with Crippen LogP contribution in [0.25, 0.3) is 5.70 Å². The third-order valence-electron chi connectivity index (χ3n) is 3.76. The maximum Gasteiger partial charge on any atom is 0.150 e. The molecule has 2 N–H and O–H groups in total. The normalized spacial score (nSPS) is 14.6. The highest BCUT2D eigenvalue weighted by molar-refractivity contribution is 7.17. The molecular weight excluding hydrogens is 392 g/mol. The van der Waals surface area contributed by atoms with Gasteiger partial charge in [-0.3, -0.25) is 0 Å². The van der Waals surface area contributed by atoms with Gasteiger partial charge in [-0.15, -0.1) is 11.3 Å². The minimum atomic E-state index is 0.0310. The Bertz CT molecular complexity index is 739. The number of oxime groups is 1. The van der Waals surface area contributed by atoms with Gasteiger partial charge in [0.05, 0.1) is 21.5 Å². The highest BCUT2D eigenvalue weighted by atomic mass is 35.5. The smallest absolute Gasteiger partial charge is 0.150 e. The molecule has 3 rings (SSSR count). The fourth-order valence-electron chi connectivity index (χ4n) is 2.25. The zero-order valence-electron chi connectivity index (χ0n) is 17.2. The summed E-state index contributed by atoms with van der Waals surface area (Å²) >= 11 is 7.45. The molecule has 2 heterocycles. The van der Waals surface area contributed by atoms with Crippen LogP contribution in [0.5, 0.6) is 0 Å². The molecule has 1 unspecified atom stereocenters. The van der Waals surface area contributed by atoms with E-state index in [0.717, 1.165) is 39.0 Å². The quantitative estimate of drug-likeness (QED) is 0.611. The number of nitrogens with zero attached hydrogens (tertiary/aromatic N) is 1. The fourth-order valence-corrected chi connectivity index (χ4v) is 3.24. The van der Waals surface area contributed by atoms with Gasteiger partial charge in [-0.2, -0.15) is 0 Å². The van der Waals surface area contributed by atoms with E-state index in [0.29, 0.717) is 13.2 Å². The van der Waals surface area contributed by atoms with Gasteiger partial charge in [-0.1, -0.05) is 73.9 Å². The van der Waals surface area contributed by atoms with Crippen molar-refractivity contribution in [1.82, 2.24) is 5.32 Å². The maximum atomic E-state index is 7.88. The summed E-state index contributed by atoms with van der Waals surface area (Å²) in [7, 11) is 0. The number of rotatable bonds is 6. The van der Waals surface area contributed by atoms with Crippen molar-refractivity contribution in [3.05, 3.63) is 63.3 Å². The van der Waals surface area contributed by atoms with Crippen LogP contribution in [0.15, 0.2) is 48.1 Å². The summed E-state index contributed by atoms with van der Waals surface area (Å²) in [6, 6.07) is 12.2. The Labute approximate surface area is 177 Å². The van der Waals surface area contributed by atoms with Crippen molar-refractivity contribution < 1.29 is 9.94 Å². The van der Waals surface area contributed by atoms with Crippen LogP contribution < -0.4 is 5.32 Å². The van der Waals surface area contributed by atoms with Gasteiger partial charge in [-0.25, -0.2) is 0 Å². The zero-order chi connectivity index (χ0) is 20.9. The second-order valence-corrected chi connectivity index (χ2v) is 7.74. The average molecular weight is 423 g/mol. The number of hydrogen-bond acceptors (Lipinski definition) is 5. The van der Waals surface area contributed by atoms with Gasteiger partial charge < -0.3 is 15.3 Å². The molecule has 0 aliphatic carbocycles. The number of aliphatic hydroxyl groups is 1. The number of nitrogens with one attached hydrogen (secondary N) is 1. The number of halogens is 1. The van der Waals surface area contributed by atoms with Gasteiger partial charge in [-0.05, 0) is 31.0 Å². The van der Waals surface area contributed by atoms with Crippen LogP contribution in [0.4, 0.5) is 0 Å². The van der Waals surface area contributed by atoms with E-state index in [-0.39, 0.29) is 6.10 Å². The molecule has 4 nitrogen and oxygen atoms in total. The molecule has 1 aliphatic heterocycles. The van der Waals surface area contributed by atoms with Crippen LogP contribution in [0.2, 0.25) is 4.34 Å². The molecule has 154 valence electrons. The molecule has 2 aromatic rings. The van der Waals surface area contributed by atoms with Crippen LogP contribution in [-0.2, 0) is 4.84 Å². The zero-order valence-corrected chi connectivity index (χ0v) is 18.7. The van der Waals surface area contributed by atoms with Gasteiger partial charge in [0.15, 0.2) is 0 Å². The molecule has 0 bridgehead atoms. The number of hydrogen-bond donors (Lipinski definition) is 2. The molecule has 6 heteroatoms. The Morgan fingerprint density at radius 1 is 1.29 bits per heavy atom. The second kappa shape index (κ2) is 13.4. The Morgan fingerprint density at radius 2 is 1.93 bits per heavy atom. The summed E-state index contributed by atoms with van der Waals surface area (Å²) in [5.74, 6) is 0. The Balaban J connectivity index is 0.000000583. The third-order valence-corrected chi connectivity index (χ3v) is 5.05. The molecule has 1 atom stereocenters. The first kappa shape index (κ1) is 24.2. The average Bonchev–Trinajstić information content (AvgIpc) is 3.38. The van der Waals surface area contributed by atoms with Crippen LogP contribution in [0.1, 0.15) is 49.6 Å². The van der Waals surface area contributed by atoms with Crippen LogP contribution >= 0.6 is 22.9 Å². The summed E-state index contributed by atoms with van der Waals surface area (Å²) < 4.78 is 0.764. The summed E-state index contributed by atoms with van der Waals surface area (Å²) in [5.41, 5.74) is 4.23. The lowest BCUT2D eigenvalue weighted by molar-refractivity contribution is 0.0881. The number of aliphatic hydroxyl groups excluding tert-OH is 1. The van der Waals surface area contributed by atoms with Gasteiger partial charge >= 0.3 is 0 Å². The van der Waals surface area contributed by atoms with E-state index in [9.17, 15) is 0 Å². The van der Waals surface area contributed by atoms with E-state index in [4.69, 9.17) is 21.5 Å². The molecular formula is C22H31ClN2O2S. The van der Waals surface area contributed by atoms with Gasteiger partial charge in [0.25, 0.3) is 0 Å². The molecule has 0 spiro atoms. The van der Waals surface area contributed by atoms with Gasteiger partial charge in [0.2, 0.25) is 0 Å². The van der Waals surface area contributed by atoms with E-state index in [1.54, 1.807) is 0 Å².